The minimum Gasteiger partial charge on any atom is -0.311 e. The molecule has 2 nitrogen and oxygen atoms in total. The third kappa shape index (κ3) is 8.10. The van der Waals surface area contributed by atoms with Crippen molar-refractivity contribution in [3.63, 3.8) is 0 Å². The predicted molar refractivity (Wildman–Crippen MR) is 364 cm³/mol. The first-order chi connectivity index (χ1) is 46.5. The maximum absolute atomic E-state index is 9.44. The zero-order valence-corrected chi connectivity index (χ0v) is 47.7. The van der Waals surface area contributed by atoms with E-state index >= 15 is 0 Å². The molecule has 0 saturated heterocycles. The highest BCUT2D eigenvalue weighted by Gasteiger charge is 2.49. The van der Waals surface area contributed by atoms with Gasteiger partial charge in [0.2, 0.25) is 0 Å². The van der Waals surface area contributed by atoms with E-state index < -0.39 is 48.4 Å². The highest BCUT2D eigenvalue weighted by atomic mass is 15.2. The highest BCUT2D eigenvalue weighted by molar-refractivity contribution is 7.00. The van der Waals surface area contributed by atoms with Crippen LogP contribution in [0.4, 0.5) is 34.1 Å². The molecule has 0 radical (unpaired) electrons. The van der Waals surface area contributed by atoms with Crippen LogP contribution in [0.3, 0.4) is 0 Å². The summed E-state index contributed by atoms with van der Waals surface area (Å²) in [5.74, 6) is 0. The Morgan fingerprint density at radius 2 is 0.860 bits per heavy atom. The number of para-hydroxylation sites is 1. The van der Waals surface area contributed by atoms with Gasteiger partial charge in [0, 0.05) is 39.6 Å². The van der Waals surface area contributed by atoms with Gasteiger partial charge in [-0.15, -0.1) is 0 Å². The Morgan fingerprint density at radius 1 is 0.349 bits per heavy atom. The minimum atomic E-state index is -0.805. The van der Waals surface area contributed by atoms with Crippen molar-refractivity contribution in [3.05, 3.63) is 343 Å². The summed E-state index contributed by atoms with van der Waals surface area (Å²) in [6, 6.07) is 85.9. The molecule has 1 aliphatic carbocycles. The lowest BCUT2D eigenvalue weighted by atomic mass is 9.33. The van der Waals surface area contributed by atoms with Crippen molar-refractivity contribution in [2.45, 2.75) is 31.6 Å². The molecule has 406 valence electrons. The molecule has 0 amide bonds. The Hall–Kier alpha value is -10.5. The summed E-state index contributed by atoms with van der Waals surface area (Å²) < 4.78 is 89.5. The summed E-state index contributed by atoms with van der Waals surface area (Å²) in [6.45, 7) is 6.08. The van der Waals surface area contributed by atoms with Gasteiger partial charge >= 0.3 is 0 Å². The van der Waals surface area contributed by atoms with E-state index in [0.29, 0.717) is 11.1 Å². The molecule has 3 heteroatoms. The van der Waals surface area contributed by atoms with Crippen LogP contribution < -0.4 is 26.2 Å². The maximum Gasteiger partial charge on any atom is 0.252 e. The van der Waals surface area contributed by atoms with Crippen LogP contribution in [0.5, 0.6) is 0 Å². The van der Waals surface area contributed by atoms with Gasteiger partial charge < -0.3 is 9.80 Å². The Bertz CT molecular complexity index is 5190. The van der Waals surface area contributed by atoms with Gasteiger partial charge in [-0.25, -0.2) is 0 Å². The van der Waals surface area contributed by atoms with E-state index in [1.807, 2.05) is 42.5 Å². The molecule has 2 heterocycles. The maximum atomic E-state index is 9.44. The van der Waals surface area contributed by atoms with Crippen LogP contribution >= 0.6 is 0 Å². The lowest BCUT2D eigenvalue weighted by molar-refractivity contribution is 0.590. The lowest BCUT2D eigenvalue weighted by Gasteiger charge is -2.46. The van der Waals surface area contributed by atoms with Crippen molar-refractivity contribution in [1.82, 2.24) is 0 Å². The van der Waals surface area contributed by atoms with Crippen molar-refractivity contribution in [1.29, 1.82) is 0 Å². The molecule has 16 rings (SSSR count). The van der Waals surface area contributed by atoms with Crippen LogP contribution in [0.15, 0.2) is 315 Å². The topological polar surface area (TPSA) is 6.48 Å². The number of benzene rings is 13. The van der Waals surface area contributed by atoms with E-state index in [-0.39, 0.29) is 40.7 Å². The largest absolute Gasteiger partial charge is 0.311 e. The summed E-state index contributed by atoms with van der Waals surface area (Å²) in [5.41, 5.74) is 21.6. The van der Waals surface area contributed by atoms with Crippen LogP contribution in [0, 0.1) is 0 Å². The molecule has 0 bridgehead atoms. The van der Waals surface area contributed by atoms with Crippen molar-refractivity contribution in [2.24, 2.45) is 0 Å². The molecule has 13 aromatic carbocycles. The molecule has 0 unspecified atom stereocenters. The minimum absolute atomic E-state index is 0.102. The molecule has 13 aromatic rings. The fourth-order valence-electron chi connectivity index (χ4n) is 14.1. The van der Waals surface area contributed by atoms with E-state index in [0.717, 1.165) is 117 Å². The molecule has 0 aromatic heterocycles. The fourth-order valence-corrected chi connectivity index (χ4v) is 14.1. The van der Waals surface area contributed by atoms with Gasteiger partial charge in [-0.3, -0.25) is 0 Å². The van der Waals surface area contributed by atoms with Crippen LogP contribution in [0.2, 0.25) is 0 Å². The summed E-state index contributed by atoms with van der Waals surface area (Å²) in [4.78, 5) is 4.75. The molecule has 0 saturated carbocycles. The fraction of sp³-hybridized carbons (Fsp3) is 0.0602. The second-order valence-electron chi connectivity index (χ2n) is 23.6. The summed E-state index contributed by atoms with van der Waals surface area (Å²) in [6.07, 6.45) is 0. The number of rotatable bonds is 9. The average molecular weight is 1110 g/mol. The molecular weight excluding hydrogens is 1040 g/mol. The van der Waals surface area contributed by atoms with Gasteiger partial charge in [0.25, 0.3) is 6.71 Å². The summed E-state index contributed by atoms with van der Waals surface area (Å²) in [5, 5.41) is 0. The number of hydrogen-bond acceptors (Lipinski definition) is 2. The third-order valence-corrected chi connectivity index (χ3v) is 17.9. The molecule has 2 aliphatic heterocycles. The predicted octanol–water partition coefficient (Wildman–Crippen LogP) is 19.8. The average Bonchev–Trinajstić information content (AvgIpc) is 1.24. The standard InChI is InChI=1S/C83H61BN2/c1-82(2,3)65-47-50-73-76(55-65)85(66-48-44-58(45-49-66)56-26-10-4-11-27-56)77-53-62(67-39-24-42-71-70-38-22-23-43-72(70)83(79(67)71,63-34-18-8-19-35-63)64-36-20-9-21-37-64)54-78-80(77)84(73)74-52-61(57-28-12-5-13-29-57)46-51-75(74)86(78)81-68(59-30-14-6-15-31-59)40-25-41-69(81)60-32-16-7-17-33-60/h4-55H,1-3H3/i4D,5D,10D,11D,12D,13D,26D,27D,28D,29D. The van der Waals surface area contributed by atoms with Crippen molar-refractivity contribution < 1.29 is 13.7 Å². The van der Waals surface area contributed by atoms with Gasteiger partial charge in [0.05, 0.1) is 24.8 Å². The van der Waals surface area contributed by atoms with Gasteiger partial charge in [-0.2, -0.15) is 0 Å². The second kappa shape index (κ2) is 20.4. The van der Waals surface area contributed by atoms with Gasteiger partial charge in [-0.1, -0.05) is 300 Å². The Morgan fingerprint density at radius 3 is 1.47 bits per heavy atom. The number of anilines is 6. The second-order valence-corrected chi connectivity index (χ2v) is 23.6. The first-order valence-electron chi connectivity index (χ1n) is 34.4. The molecule has 3 aliphatic rings. The van der Waals surface area contributed by atoms with Crippen molar-refractivity contribution in [3.8, 4) is 66.8 Å². The molecular formula is C83H61BN2. The normalized spacial score (nSPS) is 14.9. The first-order valence-corrected chi connectivity index (χ1v) is 29.4. The van der Waals surface area contributed by atoms with E-state index in [9.17, 15) is 2.74 Å². The SMILES string of the molecule is [2H]c1c([2H])c([2H])c(-c2ccc(N3c4cc(C(C)(C)C)ccc4B4c5cc(-c6c([2H])c([2H])c([2H])c([2H])c6[2H])ccc5N(c5c(-c6ccccc6)cccc5-c5ccccc5)c5cc(-c6cccc7c6C(c6ccccc6)(c6ccccc6)c6ccccc6-7)cc3c54)cc2)c([2H])c1[2H]. The number of nitrogens with zero attached hydrogens (tertiary/aromatic N) is 2. The Kier molecular flexibility index (Phi) is 9.85. The monoisotopic (exact) mass is 1110 g/mol. The van der Waals surface area contributed by atoms with Gasteiger partial charge in [0.1, 0.15) is 0 Å². The van der Waals surface area contributed by atoms with Crippen LogP contribution in [-0.2, 0) is 10.8 Å². The van der Waals surface area contributed by atoms with Crippen LogP contribution in [0.1, 0.15) is 62.3 Å². The molecule has 0 atom stereocenters. The molecule has 86 heavy (non-hydrogen) atoms. The van der Waals surface area contributed by atoms with E-state index in [1.54, 1.807) is 0 Å². The Balaban J connectivity index is 1.08. The van der Waals surface area contributed by atoms with Gasteiger partial charge in [-0.05, 0) is 142 Å². The third-order valence-electron chi connectivity index (χ3n) is 17.9. The van der Waals surface area contributed by atoms with E-state index in [2.05, 4.69) is 243 Å². The van der Waals surface area contributed by atoms with Crippen molar-refractivity contribution in [2.75, 3.05) is 9.80 Å². The molecule has 0 fully saturated rings. The zero-order chi connectivity index (χ0) is 66.2. The highest BCUT2D eigenvalue weighted by Crippen LogP contribution is 2.60. The summed E-state index contributed by atoms with van der Waals surface area (Å²) in [7, 11) is 0. The number of fused-ring (bicyclic) bond motifs is 7. The van der Waals surface area contributed by atoms with Crippen LogP contribution in [-0.4, -0.2) is 6.71 Å². The molecule has 0 spiro atoms. The zero-order valence-electron chi connectivity index (χ0n) is 57.7. The quantitative estimate of drug-likeness (QED) is 0.133. The van der Waals surface area contributed by atoms with E-state index in [4.69, 9.17) is 11.0 Å². The first kappa shape index (κ1) is 41.5. The number of hydrogen-bond donors (Lipinski definition) is 0. The molecule has 0 N–H and O–H groups in total. The smallest absolute Gasteiger partial charge is 0.252 e. The Labute approximate surface area is 519 Å². The van der Waals surface area contributed by atoms with Crippen molar-refractivity contribution >= 4 is 57.2 Å². The summed E-state index contributed by atoms with van der Waals surface area (Å²) >= 11 is 0. The van der Waals surface area contributed by atoms with Crippen LogP contribution in [0.25, 0.3) is 66.8 Å². The van der Waals surface area contributed by atoms with E-state index in [1.165, 1.54) is 5.56 Å². The van der Waals surface area contributed by atoms with Gasteiger partial charge in [0.15, 0.2) is 0 Å². The lowest BCUT2D eigenvalue weighted by Crippen LogP contribution is -2.61.